The number of benzene rings is 1. The number of carbonyl (C=O) groups is 2. The van der Waals surface area contributed by atoms with Gasteiger partial charge in [-0.2, -0.15) is 0 Å². The Hall–Kier alpha value is -2.74. The molecule has 0 radical (unpaired) electrons. The summed E-state index contributed by atoms with van der Waals surface area (Å²) in [5.74, 6) is -1.62. The highest BCUT2D eigenvalue weighted by atomic mass is 32.2. The molecule has 0 saturated heterocycles. The predicted octanol–water partition coefficient (Wildman–Crippen LogP) is 1.37. The van der Waals surface area contributed by atoms with E-state index in [1.165, 1.54) is 24.3 Å². The van der Waals surface area contributed by atoms with E-state index in [0.717, 1.165) is 23.1 Å². The summed E-state index contributed by atoms with van der Waals surface area (Å²) in [5, 5.41) is 17.2. The summed E-state index contributed by atoms with van der Waals surface area (Å²) in [7, 11) is -3.82. The number of primary sulfonamides is 1. The number of hydrogen-bond donors (Lipinski definition) is 4. The largest absolute Gasteiger partial charge is 0.477 e. The molecule has 0 aliphatic carbocycles. The van der Waals surface area contributed by atoms with E-state index in [1.54, 1.807) is 6.92 Å². The van der Waals surface area contributed by atoms with Crippen LogP contribution >= 0.6 is 23.1 Å². The second-order valence-electron chi connectivity index (χ2n) is 5.82. The number of nitrogens with one attached hydrogen (secondary N) is 2. The molecule has 0 saturated carbocycles. The SMILES string of the molecule is Cc1c(C(=O)O)sc2nc(SCC(=O)Nc3ccc(S(N)(=O)=O)cc3)[nH]c(=O)c12. The fraction of sp³-hybridized carbons (Fsp3) is 0.125. The fourth-order valence-corrected chi connectivity index (χ4v) is 4.71. The maximum absolute atomic E-state index is 12.2. The first-order valence-corrected chi connectivity index (χ1v) is 11.2. The highest BCUT2D eigenvalue weighted by molar-refractivity contribution is 7.99. The molecule has 0 spiro atoms. The summed E-state index contributed by atoms with van der Waals surface area (Å²) in [5.41, 5.74) is 0.251. The summed E-state index contributed by atoms with van der Waals surface area (Å²) in [6.45, 7) is 1.54. The number of rotatable bonds is 6. The standard InChI is InChI=1S/C16H14N4O6S3/c1-7-11-13(22)19-16(20-14(11)28-12(7)15(23)24)27-6-10(21)18-8-2-4-9(5-3-8)29(17,25)26/h2-5H,6H2,1H3,(H,18,21)(H,23,24)(H2,17,25,26)(H,19,20,22). The van der Waals surface area contributed by atoms with Crippen LogP contribution in [0.3, 0.4) is 0 Å². The van der Waals surface area contributed by atoms with Crippen molar-refractivity contribution in [3.8, 4) is 0 Å². The molecule has 3 rings (SSSR count). The van der Waals surface area contributed by atoms with Gasteiger partial charge in [0.05, 0.1) is 16.0 Å². The van der Waals surface area contributed by atoms with Crippen molar-refractivity contribution in [1.82, 2.24) is 9.97 Å². The Kier molecular flexibility index (Phi) is 5.75. The number of aryl methyl sites for hydroxylation is 1. The van der Waals surface area contributed by atoms with Gasteiger partial charge in [-0.25, -0.2) is 23.3 Å². The minimum Gasteiger partial charge on any atom is -0.477 e. The lowest BCUT2D eigenvalue weighted by Crippen LogP contribution is -2.16. The Morgan fingerprint density at radius 3 is 2.55 bits per heavy atom. The van der Waals surface area contributed by atoms with Crippen LogP contribution in [0.5, 0.6) is 0 Å². The van der Waals surface area contributed by atoms with Crippen LogP contribution in [0.25, 0.3) is 10.2 Å². The Balaban J connectivity index is 1.71. The van der Waals surface area contributed by atoms with Gasteiger partial charge in [0.25, 0.3) is 5.56 Å². The predicted molar refractivity (Wildman–Crippen MR) is 109 cm³/mol. The lowest BCUT2D eigenvalue weighted by molar-refractivity contribution is -0.113. The van der Waals surface area contributed by atoms with Crippen LogP contribution in [-0.4, -0.2) is 41.1 Å². The molecular weight excluding hydrogens is 440 g/mol. The number of nitrogens with zero attached hydrogens (tertiary/aromatic N) is 1. The van der Waals surface area contributed by atoms with Crippen LogP contribution in [0.1, 0.15) is 15.2 Å². The van der Waals surface area contributed by atoms with Gasteiger partial charge >= 0.3 is 5.97 Å². The Morgan fingerprint density at radius 2 is 1.97 bits per heavy atom. The van der Waals surface area contributed by atoms with E-state index < -0.39 is 27.5 Å². The van der Waals surface area contributed by atoms with Crippen molar-refractivity contribution in [3.63, 3.8) is 0 Å². The van der Waals surface area contributed by atoms with E-state index in [2.05, 4.69) is 15.3 Å². The van der Waals surface area contributed by atoms with E-state index >= 15 is 0 Å². The highest BCUT2D eigenvalue weighted by Gasteiger charge is 2.19. The molecule has 10 nitrogen and oxygen atoms in total. The quantitative estimate of drug-likeness (QED) is 0.319. The average molecular weight is 455 g/mol. The van der Waals surface area contributed by atoms with E-state index in [9.17, 15) is 27.9 Å². The number of aromatic amines is 1. The maximum atomic E-state index is 12.2. The van der Waals surface area contributed by atoms with Crippen molar-refractivity contribution in [2.45, 2.75) is 17.0 Å². The lowest BCUT2D eigenvalue weighted by Gasteiger charge is -2.06. The molecule has 2 heterocycles. The maximum Gasteiger partial charge on any atom is 0.346 e. The molecule has 5 N–H and O–H groups in total. The summed E-state index contributed by atoms with van der Waals surface area (Å²) in [6.07, 6.45) is 0. The molecule has 0 unspecified atom stereocenters. The number of carbonyl (C=O) groups excluding carboxylic acids is 1. The molecule has 0 atom stereocenters. The molecule has 0 aliphatic heterocycles. The highest BCUT2D eigenvalue weighted by Crippen LogP contribution is 2.28. The molecule has 152 valence electrons. The van der Waals surface area contributed by atoms with Crippen LogP contribution < -0.4 is 16.0 Å². The first-order chi connectivity index (χ1) is 13.6. The van der Waals surface area contributed by atoms with Gasteiger partial charge in [-0.15, -0.1) is 11.3 Å². The third-order valence-electron chi connectivity index (χ3n) is 3.78. The van der Waals surface area contributed by atoms with Gasteiger partial charge in [0.15, 0.2) is 5.16 Å². The number of anilines is 1. The Bertz CT molecular complexity index is 1280. The van der Waals surface area contributed by atoms with Crippen molar-refractivity contribution < 1.29 is 23.1 Å². The van der Waals surface area contributed by atoms with Crippen molar-refractivity contribution in [3.05, 3.63) is 45.1 Å². The number of fused-ring (bicyclic) bond motifs is 1. The second kappa shape index (κ2) is 7.94. The fourth-order valence-electron chi connectivity index (χ4n) is 2.46. The third kappa shape index (κ3) is 4.64. The number of sulfonamides is 1. The molecule has 0 aliphatic rings. The van der Waals surface area contributed by atoms with E-state index in [-0.39, 0.29) is 30.9 Å². The summed E-state index contributed by atoms with van der Waals surface area (Å²) in [6, 6.07) is 5.33. The van der Waals surface area contributed by atoms with Crippen LogP contribution in [-0.2, 0) is 14.8 Å². The number of aromatic nitrogens is 2. The van der Waals surface area contributed by atoms with Gasteiger partial charge in [0, 0.05) is 5.69 Å². The molecule has 2 aromatic heterocycles. The lowest BCUT2D eigenvalue weighted by atomic mass is 10.2. The van der Waals surface area contributed by atoms with Crippen LogP contribution in [0, 0.1) is 6.92 Å². The molecule has 1 amide bonds. The van der Waals surface area contributed by atoms with Gasteiger partial charge in [-0.05, 0) is 36.8 Å². The Labute approximate surface area is 172 Å². The number of thiophene rings is 1. The van der Waals surface area contributed by atoms with Crippen LogP contribution in [0.15, 0.2) is 39.1 Å². The minimum atomic E-state index is -3.82. The molecule has 0 bridgehead atoms. The molecule has 0 fully saturated rings. The van der Waals surface area contributed by atoms with Crippen molar-refractivity contribution in [2.24, 2.45) is 5.14 Å². The van der Waals surface area contributed by atoms with E-state index in [0.29, 0.717) is 11.3 Å². The number of hydrogen-bond acceptors (Lipinski definition) is 8. The minimum absolute atomic E-state index is 0.0424. The first-order valence-electron chi connectivity index (χ1n) is 7.88. The zero-order chi connectivity index (χ0) is 21.3. The molecule has 29 heavy (non-hydrogen) atoms. The van der Waals surface area contributed by atoms with Crippen molar-refractivity contribution >= 4 is 60.9 Å². The zero-order valence-corrected chi connectivity index (χ0v) is 17.2. The van der Waals surface area contributed by atoms with Gasteiger partial charge in [-0.1, -0.05) is 11.8 Å². The first kappa shape index (κ1) is 21.0. The monoisotopic (exact) mass is 454 g/mol. The van der Waals surface area contributed by atoms with E-state index in [1.807, 2.05) is 0 Å². The zero-order valence-electron chi connectivity index (χ0n) is 14.8. The number of thioether (sulfide) groups is 1. The van der Waals surface area contributed by atoms with E-state index in [4.69, 9.17) is 5.14 Å². The van der Waals surface area contributed by atoms with Gasteiger partial charge in [0.2, 0.25) is 15.9 Å². The van der Waals surface area contributed by atoms with Gasteiger partial charge < -0.3 is 15.4 Å². The third-order valence-corrected chi connectivity index (χ3v) is 6.76. The average Bonchev–Trinajstić information content (AvgIpc) is 2.97. The Morgan fingerprint density at radius 1 is 1.31 bits per heavy atom. The number of aromatic carboxylic acids is 1. The van der Waals surface area contributed by atoms with Gasteiger partial charge in [-0.3, -0.25) is 9.59 Å². The number of nitrogens with two attached hydrogens (primary N) is 1. The molecule has 13 heteroatoms. The number of carboxylic acids is 1. The summed E-state index contributed by atoms with van der Waals surface area (Å²) in [4.78, 5) is 42.6. The van der Waals surface area contributed by atoms with Crippen LogP contribution in [0.4, 0.5) is 5.69 Å². The van der Waals surface area contributed by atoms with Crippen molar-refractivity contribution in [1.29, 1.82) is 0 Å². The number of amides is 1. The van der Waals surface area contributed by atoms with Crippen molar-refractivity contribution in [2.75, 3.05) is 11.1 Å². The summed E-state index contributed by atoms with van der Waals surface area (Å²) >= 11 is 1.87. The smallest absolute Gasteiger partial charge is 0.346 e. The number of H-pyrrole nitrogens is 1. The normalized spacial score (nSPS) is 11.5. The van der Waals surface area contributed by atoms with Crippen LogP contribution in [0.2, 0.25) is 0 Å². The summed E-state index contributed by atoms with van der Waals surface area (Å²) < 4.78 is 22.5. The molecular formula is C16H14N4O6S3. The molecule has 1 aromatic carbocycles. The second-order valence-corrected chi connectivity index (χ2v) is 9.34. The van der Waals surface area contributed by atoms with Gasteiger partial charge in [0.1, 0.15) is 9.71 Å². The topological polar surface area (TPSA) is 172 Å². The number of carboxylic acid groups (broad SMARTS) is 1. The molecule has 3 aromatic rings.